The van der Waals surface area contributed by atoms with Crippen molar-refractivity contribution in [3.8, 4) is 0 Å². The first kappa shape index (κ1) is 15.3. The minimum absolute atomic E-state index is 0.310. The molecule has 2 aromatic rings. The lowest BCUT2D eigenvalue weighted by Gasteiger charge is -2.12. The molecule has 6 heteroatoms. The minimum Gasteiger partial charge on any atom is -0.478 e. The van der Waals surface area contributed by atoms with Crippen LogP contribution in [0.1, 0.15) is 28.7 Å². The van der Waals surface area contributed by atoms with E-state index in [0.717, 1.165) is 22.0 Å². The van der Waals surface area contributed by atoms with E-state index in [2.05, 4.69) is 15.3 Å². The Morgan fingerprint density at radius 3 is 2.76 bits per heavy atom. The summed E-state index contributed by atoms with van der Waals surface area (Å²) in [6.07, 6.45) is 3.38. The molecule has 5 nitrogen and oxygen atoms in total. The van der Waals surface area contributed by atoms with Crippen molar-refractivity contribution in [3.63, 3.8) is 0 Å². The monoisotopic (exact) mass is 303 g/mol. The van der Waals surface area contributed by atoms with Gasteiger partial charge in [0.2, 0.25) is 0 Å². The zero-order valence-corrected chi connectivity index (χ0v) is 12.8. The van der Waals surface area contributed by atoms with Gasteiger partial charge in [-0.15, -0.1) is 11.8 Å². The summed E-state index contributed by atoms with van der Waals surface area (Å²) in [6, 6.07) is 5.45. The molecule has 2 N–H and O–H groups in total. The third-order valence-electron chi connectivity index (χ3n) is 2.83. The first-order valence-electron chi connectivity index (χ1n) is 6.62. The van der Waals surface area contributed by atoms with Crippen LogP contribution in [0, 0.1) is 6.92 Å². The lowest BCUT2D eigenvalue weighted by atomic mass is 10.1. The van der Waals surface area contributed by atoms with Gasteiger partial charge in [-0.1, -0.05) is 13.0 Å². The molecule has 1 aromatic heterocycles. The minimum atomic E-state index is -0.927. The Morgan fingerprint density at radius 1 is 1.33 bits per heavy atom. The van der Waals surface area contributed by atoms with Crippen molar-refractivity contribution in [1.29, 1.82) is 0 Å². The summed E-state index contributed by atoms with van der Waals surface area (Å²) >= 11 is 1.52. The number of carbonyl (C=O) groups is 1. The second kappa shape index (κ2) is 7.08. The predicted octanol–water partition coefficient (Wildman–Crippen LogP) is 3.21. The summed E-state index contributed by atoms with van der Waals surface area (Å²) in [4.78, 5) is 20.7. The lowest BCUT2D eigenvalue weighted by Crippen LogP contribution is -2.09. The van der Waals surface area contributed by atoms with Gasteiger partial charge in [-0.2, -0.15) is 0 Å². The highest BCUT2D eigenvalue weighted by Gasteiger charge is 2.15. The van der Waals surface area contributed by atoms with Crippen LogP contribution in [-0.4, -0.2) is 26.8 Å². The molecule has 0 spiro atoms. The van der Waals surface area contributed by atoms with Crippen molar-refractivity contribution in [2.45, 2.75) is 25.3 Å². The zero-order valence-electron chi connectivity index (χ0n) is 12.0. The number of carboxylic acids is 1. The largest absolute Gasteiger partial charge is 0.478 e. The number of benzene rings is 1. The molecular formula is C15H17N3O2S. The topological polar surface area (TPSA) is 75.1 Å². The number of thioether (sulfide) groups is 1. The molecule has 1 heterocycles. The number of anilines is 1. The maximum Gasteiger partial charge on any atom is 0.338 e. The highest BCUT2D eigenvalue weighted by Crippen LogP contribution is 2.28. The van der Waals surface area contributed by atoms with Crippen LogP contribution >= 0.6 is 11.8 Å². The van der Waals surface area contributed by atoms with E-state index in [9.17, 15) is 9.90 Å². The van der Waals surface area contributed by atoms with Gasteiger partial charge in [0.05, 0.1) is 35.4 Å². The van der Waals surface area contributed by atoms with Crippen LogP contribution in [0.15, 0.2) is 35.5 Å². The smallest absolute Gasteiger partial charge is 0.338 e. The predicted molar refractivity (Wildman–Crippen MR) is 83.9 cm³/mol. The van der Waals surface area contributed by atoms with Crippen LogP contribution in [0.4, 0.5) is 5.69 Å². The van der Waals surface area contributed by atoms with Gasteiger partial charge in [0.25, 0.3) is 0 Å². The van der Waals surface area contributed by atoms with E-state index >= 15 is 0 Å². The molecule has 0 bridgehead atoms. The summed E-state index contributed by atoms with van der Waals surface area (Å²) in [6.45, 7) is 4.31. The first-order valence-corrected chi connectivity index (χ1v) is 7.61. The molecule has 0 saturated heterocycles. The fourth-order valence-corrected chi connectivity index (χ4v) is 2.70. The highest BCUT2D eigenvalue weighted by atomic mass is 32.2. The summed E-state index contributed by atoms with van der Waals surface area (Å²) in [5, 5.41) is 12.6. The van der Waals surface area contributed by atoms with Gasteiger partial charge in [0.15, 0.2) is 0 Å². The van der Waals surface area contributed by atoms with Crippen molar-refractivity contribution < 1.29 is 9.90 Å². The molecular weight excluding hydrogens is 286 g/mol. The Hall–Kier alpha value is -2.08. The quantitative estimate of drug-likeness (QED) is 0.798. The Balaban J connectivity index is 2.21. The molecule has 0 radical (unpaired) electrons. The number of nitrogens with one attached hydrogen (secondary N) is 1. The molecule has 0 unspecified atom stereocenters. The van der Waals surface area contributed by atoms with Gasteiger partial charge in [-0.05, 0) is 24.8 Å². The molecule has 0 saturated carbocycles. The first-order chi connectivity index (χ1) is 10.1. The summed E-state index contributed by atoms with van der Waals surface area (Å²) in [7, 11) is 0. The van der Waals surface area contributed by atoms with Crippen LogP contribution in [-0.2, 0) is 6.54 Å². The average molecular weight is 303 g/mol. The molecule has 2 rings (SSSR count). The molecule has 21 heavy (non-hydrogen) atoms. The van der Waals surface area contributed by atoms with Gasteiger partial charge in [-0.25, -0.2) is 4.79 Å². The number of hydrogen-bond acceptors (Lipinski definition) is 5. The molecule has 110 valence electrons. The van der Waals surface area contributed by atoms with Gasteiger partial charge < -0.3 is 10.4 Å². The molecule has 0 amide bonds. The number of hydrogen-bond donors (Lipinski definition) is 2. The van der Waals surface area contributed by atoms with Gasteiger partial charge in [0.1, 0.15) is 0 Å². The third kappa shape index (κ3) is 3.95. The SMILES string of the molecule is CCSc1cccc(NCc2cnc(C)cn2)c1C(=O)O. The second-order valence-corrected chi connectivity index (χ2v) is 5.73. The number of aryl methyl sites for hydroxylation is 1. The standard InChI is InChI=1S/C15H17N3O2S/c1-3-21-13-6-4-5-12(14(13)15(19)20)18-9-11-8-16-10(2)7-17-11/h4-8,18H,3,9H2,1-2H3,(H,19,20). The van der Waals surface area contributed by atoms with Gasteiger partial charge in [-0.3, -0.25) is 9.97 Å². The van der Waals surface area contributed by atoms with E-state index < -0.39 is 5.97 Å². The van der Waals surface area contributed by atoms with Crippen LogP contribution in [0.25, 0.3) is 0 Å². The molecule has 0 atom stereocenters. The number of aromatic carboxylic acids is 1. The van der Waals surface area contributed by atoms with E-state index in [1.54, 1.807) is 18.5 Å². The molecule has 0 aliphatic rings. The lowest BCUT2D eigenvalue weighted by molar-refractivity contribution is 0.0694. The average Bonchev–Trinajstić information content (AvgIpc) is 2.47. The van der Waals surface area contributed by atoms with Crippen molar-refractivity contribution in [1.82, 2.24) is 9.97 Å². The van der Waals surface area contributed by atoms with Crippen LogP contribution in [0.5, 0.6) is 0 Å². The Labute approximate surface area is 127 Å². The number of rotatable bonds is 6. The summed E-state index contributed by atoms with van der Waals surface area (Å²) in [5.74, 6) is -0.100. The summed E-state index contributed by atoms with van der Waals surface area (Å²) in [5.41, 5.74) is 2.53. The Morgan fingerprint density at radius 2 is 2.14 bits per heavy atom. The van der Waals surface area contributed by atoms with E-state index in [0.29, 0.717) is 17.8 Å². The highest BCUT2D eigenvalue weighted by molar-refractivity contribution is 7.99. The van der Waals surface area contributed by atoms with Gasteiger partial charge >= 0.3 is 5.97 Å². The van der Waals surface area contributed by atoms with E-state index in [1.807, 2.05) is 26.0 Å². The maximum absolute atomic E-state index is 11.5. The fourth-order valence-electron chi connectivity index (χ4n) is 1.87. The third-order valence-corrected chi connectivity index (χ3v) is 3.77. The molecule has 0 aliphatic heterocycles. The molecule has 0 aliphatic carbocycles. The van der Waals surface area contributed by atoms with Crippen molar-refractivity contribution in [2.24, 2.45) is 0 Å². The van der Waals surface area contributed by atoms with Gasteiger partial charge in [0, 0.05) is 11.1 Å². The van der Waals surface area contributed by atoms with Crippen molar-refractivity contribution in [2.75, 3.05) is 11.1 Å². The fraction of sp³-hybridized carbons (Fsp3) is 0.267. The molecule has 0 fully saturated rings. The van der Waals surface area contributed by atoms with Crippen LogP contribution in [0.2, 0.25) is 0 Å². The number of aromatic nitrogens is 2. The number of nitrogens with zero attached hydrogens (tertiary/aromatic N) is 2. The second-order valence-electron chi connectivity index (χ2n) is 4.42. The van der Waals surface area contributed by atoms with Crippen LogP contribution in [0.3, 0.4) is 0 Å². The Bertz CT molecular complexity index is 629. The maximum atomic E-state index is 11.5. The van der Waals surface area contributed by atoms with Crippen molar-refractivity contribution in [3.05, 3.63) is 47.5 Å². The van der Waals surface area contributed by atoms with E-state index in [-0.39, 0.29) is 0 Å². The molecule has 1 aromatic carbocycles. The van der Waals surface area contributed by atoms with E-state index in [4.69, 9.17) is 0 Å². The Kier molecular flexibility index (Phi) is 5.16. The summed E-state index contributed by atoms with van der Waals surface area (Å²) < 4.78 is 0. The number of carboxylic acid groups (broad SMARTS) is 1. The van der Waals surface area contributed by atoms with Crippen LogP contribution < -0.4 is 5.32 Å². The zero-order chi connectivity index (χ0) is 15.2. The normalized spacial score (nSPS) is 10.4. The van der Waals surface area contributed by atoms with E-state index in [1.165, 1.54) is 11.8 Å². The van der Waals surface area contributed by atoms with Crippen molar-refractivity contribution >= 4 is 23.4 Å².